The Bertz CT molecular complexity index is 1350. The van der Waals surface area contributed by atoms with Crippen LogP contribution in [-0.2, 0) is 21.9 Å². The number of amides is 3. The van der Waals surface area contributed by atoms with Crippen LogP contribution in [0.4, 0.5) is 26.3 Å². The molecule has 2 heterocycles. The highest BCUT2D eigenvalue weighted by Crippen LogP contribution is 2.46. The maximum Gasteiger partial charge on any atom is 0.416 e. The lowest BCUT2D eigenvalue weighted by Crippen LogP contribution is -2.49. The lowest BCUT2D eigenvalue weighted by molar-refractivity contribution is -0.143. The quantitative estimate of drug-likeness (QED) is 0.436. The SMILES string of the molecule is O=C(NCC1CC1)C1c2ccccc2C(=O)N(CCC(=O)N2CCC(O)CC2)C1c1cc(C(F)(F)F)cc(C(F)(F)F)c1. The zero-order valence-electron chi connectivity index (χ0n) is 23.0. The molecule has 0 spiro atoms. The van der Waals surface area contributed by atoms with Gasteiger partial charge in [-0.1, -0.05) is 18.2 Å². The molecule has 2 aliphatic heterocycles. The van der Waals surface area contributed by atoms with Crippen molar-refractivity contribution in [2.24, 2.45) is 5.92 Å². The van der Waals surface area contributed by atoms with Crippen LogP contribution in [0, 0.1) is 5.92 Å². The summed E-state index contributed by atoms with van der Waals surface area (Å²) < 4.78 is 83.3. The van der Waals surface area contributed by atoms with E-state index in [-0.39, 0.29) is 61.6 Å². The van der Waals surface area contributed by atoms with Crippen LogP contribution in [0.1, 0.15) is 76.7 Å². The van der Waals surface area contributed by atoms with Crippen molar-refractivity contribution in [1.29, 1.82) is 0 Å². The number of rotatable bonds is 7. The molecule has 2 aromatic carbocycles. The van der Waals surface area contributed by atoms with E-state index in [0.29, 0.717) is 25.0 Å². The first-order valence-corrected chi connectivity index (χ1v) is 14.2. The average Bonchev–Trinajstić information content (AvgIpc) is 3.79. The molecule has 0 aromatic heterocycles. The van der Waals surface area contributed by atoms with Gasteiger partial charge in [0.15, 0.2) is 0 Å². The van der Waals surface area contributed by atoms with E-state index in [2.05, 4.69) is 5.32 Å². The van der Waals surface area contributed by atoms with Gasteiger partial charge >= 0.3 is 12.4 Å². The van der Waals surface area contributed by atoms with E-state index in [1.54, 1.807) is 12.1 Å². The molecule has 3 aliphatic rings. The van der Waals surface area contributed by atoms with Crippen molar-refractivity contribution >= 4 is 17.7 Å². The third kappa shape index (κ3) is 6.81. The minimum atomic E-state index is -5.14. The van der Waals surface area contributed by atoms with Crippen LogP contribution in [-0.4, -0.2) is 64.9 Å². The van der Waals surface area contributed by atoms with Crippen molar-refractivity contribution in [3.63, 3.8) is 0 Å². The van der Waals surface area contributed by atoms with Gasteiger partial charge in [-0.05, 0) is 67.0 Å². The minimum absolute atomic E-state index is 0.00289. The van der Waals surface area contributed by atoms with E-state index in [0.717, 1.165) is 17.7 Å². The number of fused-ring (bicyclic) bond motifs is 1. The summed E-state index contributed by atoms with van der Waals surface area (Å²) in [4.78, 5) is 43.1. The number of hydrogen-bond donors (Lipinski definition) is 2. The fraction of sp³-hybridized carbons (Fsp3) is 0.500. The van der Waals surface area contributed by atoms with Crippen LogP contribution in [0.2, 0.25) is 0 Å². The Kier molecular flexibility index (Phi) is 8.47. The zero-order valence-corrected chi connectivity index (χ0v) is 23.0. The van der Waals surface area contributed by atoms with E-state index in [1.165, 1.54) is 17.0 Å². The maximum atomic E-state index is 13.9. The molecule has 3 amide bonds. The fourth-order valence-electron chi connectivity index (χ4n) is 5.81. The lowest BCUT2D eigenvalue weighted by atomic mass is 9.78. The van der Waals surface area contributed by atoms with Gasteiger partial charge in [0.2, 0.25) is 11.8 Å². The largest absolute Gasteiger partial charge is 0.416 e. The first-order valence-electron chi connectivity index (χ1n) is 14.2. The molecule has 1 saturated heterocycles. The molecule has 43 heavy (non-hydrogen) atoms. The molecule has 232 valence electrons. The highest BCUT2D eigenvalue weighted by Gasteiger charge is 2.46. The summed E-state index contributed by atoms with van der Waals surface area (Å²) in [7, 11) is 0. The molecule has 1 aliphatic carbocycles. The predicted molar refractivity (Wildman–Crippen MR) is 142 cm³/mol. The molecule has 2 N–H and O–H groups in total. The molecule has 2 unspecified atom stereocenters. The van der Waals surface area contributed by atoms with E-state index >= 15 is 0 Å². The van der Waals surface area contributed by atoms with Crippen LogP contribution in [0.5, 0.6) is 0 Å². The van der Waals surface area contributed by atoms with Crippen LogP contribution in [0.15, 0.2) is 42.5 Å². The van der Waals surface area contributed by atoms with E-state index in [1.807, 2.05) is 0 Å². The number of piperidine rings is 1. The first-order chi connectivity index (χ1) is 20.2. The van der Waals surface area contributed by atoms with Crippen molar-refractivity contribution in [1.82, 2.24) is 15.1 Å². The molecule has 1 saturated carbocycles. The van der Waals surface area contributed by atoms with Crippen LogP contribution in [0.25, 0.3) is 0 Å². The second-order valence-corrected chi connectivity index (χ2v) is 11.4. The van der Waals surface area contributed by atoms with E-state index in [4.69, 9.17) is 0 Å². The van der Waals surface area contributed by atoms with Crippen molar-refractivity contribution in [3.05, 3.63) is 70.3 Å². The highest BCUT2D eigenvalue weighted by molar-refractivity contribution is 6.01. The Balaban J connectivity index is 1.60. The van der Waals surface area contributed by atoms with Crippen LogP contribution in [0.3, 0.4) is 0 Å². The summed E-state index contributed by atoms with van der Waals surface area (Å²) in [5.41, 5.74) is -3.37. The molecule has 13 heteroatoms. The number of likely N-dealkylation sites (tertiary alicyclic amines) is 1. The van der Waals surface area contributed by atoms with Crippen molar-refractivity contribution in [2.45, 2.75) is 62.5 Å². The Hall–Kier alpha value is -3.61. The molecule has 2 atom stereocenters. The topological polar surface area (TPSA) is 90.0 Å². The van der Waals surface area contributed by atoms with E-state index < -0.39 is 58.9 Å². The van der Waals surface area contributed by atoms with Gasteiger partial charge in [0, 0.05) is 38.2 Å². The molecule has 7 nitrogen and oxygen atoms in total. The summed E-state index contributed by atoms with van der Waals surface area (Å²) in [6, 6.07) is 5.55. The third-order valence-corrected chi connectivity index (χ3v) is 8.32. The molecule has 0 bridgehead atoms. The summed E-state index contributed by atoms with van der Waals surface area (Å²) in [5, 5.41) is 12.5. The van der Waals surface area contributed by atoms with Crippen molar-refractivity contribution in [2.75, 3.05) is 26.2 Å². The van der Waals surface area contributed by atoms with Crippen LogP contribution < -0.4 is 5.32 Å². The Labute approximate surface area is 243 Å². The van der Waals surface area contributed by atoms with Gasteiger partial charge in [-0.3, -0.25) is 14.4 Å². The molecule has 5 rings (SSSR count). The number of alkyl halides is 6. The number of aliphatic hydroxyl groups is 1. The summed E-state index contributed by atoms with van der Waals surface area (Å²) in [6.45, 7) is 0.484. The van der Waals surface area contributed by atoms with Gasteiger partial charge in [-0.15, -0.1) is 0 Å². The predicted octanol–water partition coefficient (Wildman–Crippen LogP) is 4.90. The molecule has 2 aromatic rings. The molecule has 2 fully saturated rings. The first kappa shape index (κ1) is 30.8. The van der Waals surface area contributed by atoms with E-state index in [9.17, 15) is 45.8 Å². The maximum absolute atomic E-state index is 13.9. The fourth-order valence-corrected chi connectivity index (χ4v) is 5.81. The Morgan fingerprint density at radius 2 is 1.51 bits per heavy atom. The zero-order chi connectivity index (χ0) is 31.1. The number of hydrogen-bond acceptors (Lipinski definition) is 4. The number of benzene rings is 2. The molecular weight excluding hydrogens is 580 g/mol. The van der Waals surface area contributed by atoms with Crippen LogP contribution >= 0.6 is 0 Å². The average molecular weight is 612 g/mol. The van der Waals surface area contributed by atoms with Gasteiger partial charge in [0.25, 0.3) is 5.91 Å². The number of halogens is 6. The van der Waals surface area contributed by atoms with Gasteiger partial charge in [-0.2, -0.15) is 26.3 Å². The second kappa shape index (κ2) is 11.8. The third-order valence-electron chi connectivity index (χ3n) is 8.32. The smallest absolute Gasteiger partial charge is 0.393 e. The number of nitrogens with one attached hydrogen (secondary N) is 1. The minimum Gasteiger partial charge on any atom is -0.393 e. The summed E-state index contributed by atoms with van der Waals surface area (Å²) in [6.07, 6.45) is -8.63. The second-order valence-electron chi connectivity index (χ2n) is 11.4. The number of carbonyl (C=O) groups excluding carboxylic acids is 3. The van der Waals surface area contributed by atoms with Crippen molar-refractivity contribution in [3.8, 4) is 0 Å². The summed E-state index contributed by atoms with van der Waals surface area (Å²) in [5.74, 6) is -2.83. The van der Waals surface area contributed by atoms with Gasteiger partial charge in [-0.25, -0.2) is 0 Å². The number of nitrogens with zero attached hydrogens (tertiary/aromatic N) is 2. The monoisotopic (exact) mass is 611 g/mol. The van der Waals surface area contributed by atoms with Gasteiger partial charge in [0.05, 0.1) is 29.2 Å². The molecular formula is C30H31F6N3O4. The molecule has 0 radical (unpaired) electrons. The highest BCUT2D eigenvalue weighted by atomic mass is 19.4. The number of aliphatic hydroxyl groups excluding tert-OH is 1. The number of carbonyl (C=O) groups is 3. The van der Waals surface area contributed by atoms with Gasteiger partial charge < -0.3 is 20.2 Å². The summed E-state index contributed by atoms with van der Waals surface area (Å²) >= 11 is 0. The van der Waals surface area contributed by atoms with Gasteiger partial charge in [0.1, 0.15) is 0 Å². The Morgan fingerprint density at radius 1 is 0.907 bits per heavy atom. The normalized spacial score (nSPS) is 21.5. The Morgan fingerprint density at radius 3 is 2.09 bits per heavy atom. The lowest BCUT2D eigenvalue weighted by Gasteiger charge is -2.42. The van der Waals surface area contributed by atoms with Crippen molar-refractivity contribution < 1.29 is 45.8 Å². The standard InChI is InChI=1S/C30H31F6N3O4/c31-29(32,33)19-13-18(14-20(15-19)30(34,35)36)26-25(27(42)37-16-17-5-6-17)22-3-1-2-4-23(22)28(43)39(26)12-9-24(41)38-10-7-21(40)8-11-38/h1-4,13-15,17,21,25-26,40H,5-12,16H2,(H,37,42).